The smallest absolute Gasteiger partial charge is 0.231 e. The first-order valence-electron chi connectivity index (χ1n) is 11.7. The number of aromatic nitrogens is 1. The lowest BCUT2D eigenvalue weighted by atomic mass is 9.74. The Kier molecular flexibility index (Phi) is 8.20. The zero-order valence-corrected chi connectivity index (χ0v) is 21.9. The molecule has 2 aliphatic rings. The van der Waals surface area contributed by atoms with E-state index in [1.807, 2.05) is 13.1 Å². The van der Waals surface area contributed by atoms with Gasteiger partial charge in [0.2, 0.25) is 6.79 Å². The van der Waals surface area contributed by atoms with E-state index in [9.17, 15) is 0 Å². The Morgan fingerprint density at radius 3 is 2.71 bits per heavy atom. The van der Waals surface area contributed by atoms with Crippen LogP contribution in [0.5, 0.6) is 11.5 Å². The van der Waals surface area contributed by atoms with E-state index in [2.05, 4.69) is 68.9 Å². The molecule has 0 spiro atoms. The highest BCUT2D eigenvalue weighted by Crippen LogP contribution is 2.40. The molecule has 2 aliphatic heterocycles. The van der Waals surface area contributed by atoms with Gasteiger partial charge in [-0.25, -0.2) is 0 Å². The number of hydrogen-bond acceptors (Lipinski definition) is 4. The Labute approximate surface area is 217 Å². The lowest BCUT2D eigenvalue weighted by Crippen LogP contribution is -2.48. The van der Waals surface area contributed by atoms with Gasteiger partial charge in [0.1, 0.15) is 0 Å². The number of aryl methyl sites for hydroxylation is 1. The number of halogens is 1. The van der Waals surface area contributed by atoms with E-state index >= 15 is 0 Å². The van der Waals surface area contributed by atoms with Crippen LogP contribution in [0, 0.1) is 0 Å². The van der Waals surface area contributed by atoms with Gasteiger partial charge >= 0.3 is 0 Å². The van der Waals surface area contributed by atoms with E-state index < -0.39 is 0 Å². The highest BCUT2D eigenvalue weighted by atomic mass is 127. The monoisotopic (exact) mass is 576 g/mol. The van der Waals surface area contributed by atoms with Crippen molar-refractivity contribution in [3.63, 3.8) is 0 Å². The van der Waals surface area contributed by atoms with Crippen molar-refractivity contribution in [1.29, 1.82) is 0 Å². The molecule has 0 atom stereocenters. The molecule has 7 nitrogen and oxygen atoms in total. The van der Waals surface area contributed by atoms with Gasteiger partial charge in [-0.2, -0.15) is 0 Å². The average Bonchev–Trinajstić information content (AvgIpc) is 3.51. The van der Waals surface area contributed by atoms with Crippen LogP contribution in [0.3, 0.4) is 0 Å². The van der Waals surface area contributed by atoms with Gasteiger partial charge in [0.15, 0.2) is 17.5 Å². The molecule has 34 heavy (non-hydrogen) atoms. The number of benzene rings is 2. The van der Waals surface area contributed by atoms with Crippen molar-refractivity contribution in [3.8, 4) is 11.5 Å². The molecule has 0 radical (unpaired) electrons. The van der Waals surface area contributed by atoms with Gasteiger partial charge in [-0.05, 0) is 54.5 Å². The van der Waals surface area contributed by atoms with Crippen LogP contribution in [0.15, 0.2) is 59.7 Å². The molecular formula is C26H33IN4O3. The number of guanidine groups is 1. The van der Waals surface area contributed by atoms with Crippen LogP contribution in [-0.4, -0.2) is 50.7 Å². The fraction of sp³-hybridized carbons (Fsp3) is 0.423. The second-order valence-electron chi connectivity index (χ2n) is 8.73. The number of nitrogens with zero attached hydrogens (tertiary/aromatic N) is 2. The highest BCUT2D eigenvalue weighted by Gasteiger charge is 2.35. The molecule has 1 saturated heterocycles. The minimum absolute atomic E-state index is 0. The van der Waals surface area contributed by atoms with Gasteiger partial charge in [-0.1, -0.05) is 24.3 Å². The van der Waals surface area contributed by atoms with Crippen LogP contribution in [0.25, 0.3) is 10.9 Å². The second-order valence-corrected chi connectivity index (χ2v) is 8.73. The van der Waals surface area contributed by atoms with Crippen LogP contribution in [0.2, 0.25) is 0 Å². The van der Waals surface area contributed by atoms with Gasteiger partial charge in [-0.3, -0.25) is 4.99 Å². The molecule has 5 rings (SSSR count). The zero-order valence-electron chi connectivity index (χ0n) is 19.6. The summed E-state index contributed by atoms with van der Waals surface area (Å²) in [5, 5.41) is 8.34. The standard InChI is InChI=1S/C26H32N4O3.HI/c1-27-25(28-12-4-13-30-14-9-20-5-2-3-6-22(20)30)29-18-26(10-15-31-16-11-26)21-7-8-23-24(17-21)33-19-32-23;/h2-3,5-9,14,17H,4,10-13,15-16,18-19H2,1H3,(H2,27,28,29);1H. The SMILES string of the molecule is CN=C(NCCCn1ccc2ccccc21)NCC1(c2ccc3c(c2)OCO3)CCOCC1.I. The van der Waals surface area contributed by atoms with Crippen LogP contribution < -0.4 is 20.1 Å². The second kappa shape index (κ2) is 11.3. The third-order valence-electron chi connectivity index (χ3n) is 6.80. The molecule has 0 aliphatic carbocycles. The molecule has 0 amide bonds. The number of nitrogens with one attached hydrogen (secondary N) is 2. The van der Waals surface area contributed by atoms with E-state index in [0.717, 1.165) is 69.6 Å². The van der Waals surface area contributed by atoms with Crippen LogP contribution in [0.4, 0.5) is 0 Å². The summed E-state index contributed by atoms with van der Waals surface area (Å²) < 4.78 is 19.1. The van der Waals surface area contributed by atoms with Crippen LogP contribution in [-0.2, 0) is 16.7 Å². The molecule has 0 unspecified atom stereocenters. The molecule has 0 saturated carbocycles. The maximum absolute atomic E-state index is 5.69. The summed E-state index contributed by atoms with van der Waals surface area (Å²) in [7, 11) is 1.83. The molecule has 1 aromatic heterocycles. The lowest BCUT2D eigenvalue weighted by molar-refractivity contribution is 0.0513. The van der Waals surface area contributed by atoms with Crippen molar-refractivity contribution in [2.45, 2.75) is 31.2 Å². The summed E-state index contributed by atoms with van der Waals surface area (Å²) >= 11 is 0. The minimum Gasteiger partial charge on any atom is -0.454 e. The van der Waals surface area contributed by atoms with Gasteiger partial charge in [0.25, 0.3) is 0 Å². The number of hydrogen-bond donors (Lipinski definition) is 2. The predicted octanol–water partition coefficient (Wildman–Crippen LogP) is 4.29. The topological polar surface area (TPSA) is 69.0 Å². The highest BCUT2D eigenvalue weighted by molar-refractivity contribution is 14.0. The summed E-state index contributed by atoms with van der Waals surface area (Å²) in [5.41, 5.74) is 2.52. The van der Waals surface area contributed by atoms with Crippen LogP contribution in [0.1, 0.15) is 24.8 Å². The number of rotatable bonds is 7. The third-order valence-corrected chi connectivity index (χ3v) is 6.80. The third kappa shape index (κ3) is 5.27. The Morgan fingerprint density at radius 1 is 1.03 bits per heavy atom. The molecule has 3 aromatic rings. The fourth-order valence-corrected chi connectivity index (χ4v) is 4.82. The molecule has 182 valence electrons. The Hall–Kier alpha value is -2.46. The predicted molar refractivity (Wildman–Crippen MR) is 146 cm³/mol. The first kappa shape index (κ1) is 24.7. The maximum atomic E-state index is 5.69. The van der Waals surface area contributed by atoms with Crippen LogP contribution >= 0.6 is 24.0 Å². The minimum atomic E-state index is -0.0269. The fourth-order valence-electron chi connectivity index (χ4n) is 4.82. The number of fused-ring (bicyclic) bond motifs is 2. The van der Waals surface area contributed by atoms with Crippen molar-refractivity contribution < 1.29 is 14.2 Å². The first-order chi connectivity index (χ1) is 16.3. The van der Waals surface area contributed by atoms with E-state index in [1.165, 1.54) is 16.5 Å². The van der Waals surface area contributed by atoms with Crippen molar-refractivity contribution in [2.24, 2.45) is 4.99 Å². The van der Waals surface area contributed by atoms with Crippen molar-refractivity contribution in [2.75, 3.05) is 40.1 Å². The van der Waals surface area contributed by atoms with E-state index in [4.69, 9.17) is 14.2 Å². The lowest BCUT2D eigenvalue weighted by Gasteiger charge is -2.38. The Balaban J connectivity index is 0.00000274. The first-order valence-corrected chi connectivity index (χ1v) is 11.7. The van der Waals surface area contributed by atoms with Gasteiger partial charge in [-0.15, -0.1) is 24.0 Å². The van der Waals surface area contributed by atoms with Crippen molar-refractivity contribution in [3.05, 3.63) is 60.3 Å². The summed E-state index contributed by atoms with van der Waals surface area (Å²) in [5.74, 6) is 2.49. The number of aliphatic imine (C=N–C) groups is 1. The largest absolute Gasteiger partial charge is 0.454 e. The quantitative estimate of drug-likeness (QED) is 0.190. The number of para-hydroxylation sites is 1. The van der Waals surface area contributed by atoms with Crippen molar-refractivity contribution >= 4 is 40.8 Å². The number of ether oxygens (including phenoxy) is 3. The molecule has 1 fully saturated rings. The van der Waals surface area contributed by atoms with Gasteiger partial charge < -0.3 is 29.4 Å². The molecule has 0 bridgehead atoms. The Morgan fingerprint density at radius 2 is 1.85 bits per heavy atom. The van der Waals surface area contributed by atoms with E-state index in [-0.39, 0.29) is 29.4 Å². The molecule has 8 heteroatoms. The van der Waals surface area contributed by atoms with Gasteiger partial charge in [0.05, 0.1) is 0 Å². The Bertz CT molecular complexity index is 1120. The molecule has 3 heterocycles. The van der Waals surface area contributed by atoms with E-state index in [0.29, 0.717) is 6.79 Å². The molecule has 2 aromatic carbocycles. The zero-order chi connectivity index (χ0) is 22.5. The average molecular weight is 576 g/mol. The summed E-state index contributed by atoms with van der Waals surface area (Å²) in [4.78, 5) is 4.45. The summed E-state index contributed by atoms with van der Waals surface area (Å²) in [6, 6.07) is 17.0. The normalized spacial score (nSPS) is 16.8. The summed E-state index contributed by atoms with van der Waals surface area (Å²) in [6.45, 7) is 4.42. The van der Waals surface area contributed by atoms with E-state index in [1.54, 1.807) is 0 Å². The van der Waals surface area contributed by atoms with Gasteiger partial charge in [0, 0.05) is 57.0 Å². The molecule has 2 N–H and O–H groups in total. The maximum Gasteiger partial charge on any atom is 0.231 e. The van der Waals surface area contributed by atoms with Crippen molar-refractivity contribution in [1.82, 2.24) is 15.2 Å². The summed E-state index contributed by atoms with van der Waals surface area (Å²) in [6.07, 6.45) is 5.09. The molecular weight excluding hydrogens is 543 g/mol.